The molecule has 6 nitrogen and oxygen atoms in total. The highest BCUT2D eigenvalue weighted by atomic mass is 32.2. The van der Waals surface area contributed by atoms with Gasteiger partial charge in [0, 0.05) is 6.61 Å². The van der Waals surface area contributed by atoms with Crippen LogP contribution in [0.2, 0.25) is 0 Å². The Morgan fingerprint density at radius 3 is 2.41 bits per heavy atom. The van der Waals surface area contributed by atoms with Crippen LogP contribution >= 0.6 is 0 Å². The largest absolute Gasteiger partial charge is 0.480 e. The van der Waals surface area contributed by atoms with Gasteiger partial charge < -0.3 is 9.84 Å². The number of ether oxygens (including phenoxy) is 1. The second-order valence-corrected chi connectivity index (χ2v) is 6.03. The normalized spacial score (nSPS) is 13.9. The van der Waals surface area contributed by atoms with Gasteiger partial charge in [0.1, 0.15) is 6.04 Å². The van der Waals surface area contributed by atoms with Gasteiger partial charge >= 0.3 is 5.97 Å². The Bertz CT molecular complexity index is 326. The summed E-state index contributed by atoms with van der Waals surface area (Å²) in [4.78, 5) is 10.9. The summed E-state index contributed by atoms with van der Waals surface area (Å²) in [5.74, 6) is -1.27. The van der Waals surface area contributed by atoms with Gasteiger partial charge in [0.15, 0.2) is 0 Å². The lowest BCUT2D eigenvalue weighted by molar-refractivity contribution is -0.139. The zero-order valence-electron chi connectivity index (χ0n) is 10.5. The molecule has 0 aromatic carbocycles. The Kier molecular flexibility index (Phi) is 7.33. The van der Waals surface area contributed by atoms with E-state index < -0.39 is 22.0 Å². The molecule has 0 saturated carbocycles. The molecule has 0 heterocycles. The molecule has 0 aromatic heterocycles. The van der Waals surface area contributed by atoms with Crippen LogP contribution in [0.25, 0.3) is 0 Å². The zero-order chi connectivity index (χ0) is 13.5. The Morgan fingerprint density at radius 1 is 1.41 bits per heavy atom. The van der Waals surface area contributed by atoms with Gasteiger partial charge in [-0.05, 0) is 19.3 Å². The third-order valence-electron chi connectivity index (χ3n) is 2.03. The molecule has 7 heteroatoms. The number of aliphatic carboxylic acids is 1. The van der Waals surface area contributed by atoms with E-state index in [1.54, 1.807) is 6.92 Å². The summed E-state index contributed by atoms with van der Waals surface area (Å²) in [5, 5.41) is 8.90. The third-order valence-corrected chi connectivity index (χ3v) is 3.38. The molecule has 102 valence electrons. The van der Waals surface area contributed by atoms with Crippen LogP contribution in [0, 0.1) is 5.92 Å². The van der Waals surface area contributed by atoms with E-state index in [4.69, 9.17) is 9.84 Å². The van der Waals surface area contributed by atoms with E-state index in [1.807, 2.05) is 13.8 Å². The lowest BCUT2D eigenvalue weighted by Gasteiger charge is -2.16. The van der Waals surface area contributed by atoms with E-state index in [1.165, 1.54) is 0 Å². The highest BCUT2D eigenvalue weighted by Gasteiger charge is 2.24. The first-order valence-corrected chi connectivity index (χ1v) is 7.24. The molecule has 1 atom stereocenters. The number of sulfonamides is 1. The molecular formula is C10H21NO5S. The van der Waals surface area contributed by atoms with E-state index >= 15 is 0 Å². The lowest BCUT2D eigenvalue weighted by Crippen LogP contribution is -2.43. The molecule has 0 radical (unpaired) electrons. The van der Waals surface area contributed by atoms with Crippen LogP contribution in [-0.2, 0) is 19.6 Å². The summed E-state index contributed by atoms with van der Waals surface area (Å²) in [7, 11) is -3.60. The summed E-state index contributed by atoms with van der Waals surface area (Å²) >= 11 is 0. The van der Waals surface area contributed by atoms with Crippen molar-refractivity contribution in [1.29, 1.82) is 0 Å². The maximum absolute atomic E-state index is 11.5. The molecular weight excluding hydrogens is 246 g/mol. The minimum absolute atomic E-state index is 0.0693. The van der Waals surface area contributed by atoms with Crippen LogP contribution in [0.15, 0.2) is 0 Å². The van der Waals surface area contributed by atoms with Crippen molar-refractivity contribution >= 4 is 16.0 Å². The summed E-state index contributed by atoms with van der Waals surface area (Å²) in [6, 6.07) is -1.07. The van der Waals surface area contributed by atoms with Crippen LogP contribution < -0.4 is 4.72 Å². The molecule has 0 aromatic rings. The summed E-state index contributed by atoms with van der Waals surface area (Å²) < 4.78 is 30.2. The van der Waals surface area contributed by atoms with Crippen molar-refractivity contribution in [1.82, 2.24) is 4.72 Å². The predicted octanol–water partition coefficient (Wildman–Crippen LogP) is 0.442. The maximum Gasteiger partial charge on any atom is 0.321 e. The molecule has 0 rings (SSSR count). The zero-order valence-corrected chi connectivity index (χ0v) is 11.3. The monoisotopic (exact) mass is 267 g/mol. The van der Waals surface area contributed by atoms with E-state index in [2.05, 4.69) is 4.72 Å². The van der Waals surface area contributed by atoms with Gasteiger partial charge in [0.05, 0.1) is 12.4 Å². The van der Waals surface area contributed by atoms with Gasteiger partial charge in [-0.1, -0.05) is 13.8 Å². The average molecular weight is 267 g/mol. The van der Waals surface area contributed by atoms with Crippen molar-refractivity contribution in [3.63, 3.8) is 0 Å². The number of carboxylic acids is 1. The van der Waals surface area contributed by atoms with Crippen LogP contribution in [0.1, 0.15) is 27.2 Å². The second kappa shape index (κ2) is 7.62. The number of nitrogens with one attached hydrogen (secondary N) is 1. The quantitative estimate of drug-likeness (QED) is 0.591. The minimum atomic E-state index is -3.60. The summed E-state index contributed by atoms with van der Waals surface area (Å²) in [5.41, 5.74) is 0. The number of hydrogen-bond donors (Lipinski definition) is 2. The molecule has 0 amide bonds. The summed E-state index contributed by atoms with van der Waals surface area (Å²) in [6.07, 6.45) is 0.267. The first-order valence-electron chi connectivity index (χ1n) is 5.59. The van der Waals surface area contributed by atoms with Gasteiger partial charge in [0.25, 0.3) is 0 Å². The van der Waals surface area contributed by atoms with Gasteiger partial charge in [0.2, 0.25) is 10.0 Å². The van der Waals surface area contributed by atoms with E-state index in [-0.39, 0.29) is 24.7 Å². The Morgan fingerprint density at radius 2 is 2.00 bits per heavy atom. The molecule has 0 aliphatic heterocycles. The van der Waals surface area contributed by atoms with Crippen molar-refractivity contribution in [3.05, 3.63) is 0 Å². The molecule has 17 heavy (non-hydrogen) atoms. The standard InChI is InChI=1S/C10H21NO5S/c1-4-16-5-6-17(14,15)11-9(10(12)13)7-8(2)3/h8-9,11H,4-7H2,1-3H3,(H,12,13)/t9-/m0/s1. The molecule has 0 saturated heterocycles. The molecule has 0 fully saturated rings. The maximum atomic E-state index is 11.5. The summed E-state index contributed by atoms with van der Waals surface area (Å²) in [6.45, 7) is 5.94. The number of hydrogen-bond acceptors (Lipinski definition) is 4. The Labute approximate surface area is 102 Å². The van der Waals surface area contributed by atoms with Gasteiger partial charge in [-0.2, -0.15) is 0 Å². The van der Waals surface area contributed by atoms with Crippen molar-refractivity contribution < 1.29 is 23.1 Å². The molecule has 2 N–H and O–H groups in total. The average Bonchev–Trinajstić information content (AvgIpc) is 2.15. The highest BCUT2D eigenvalue weighted by molar-refractivity contribution is 7.89. The molecule has 0 aliphatic carbocycles. The highest BCUT2D eigenvalue weighted by Crippen LogP contribution is 2.06. The van der Waals surface area contributed by atoms with Gasteiger partial charge in [-0.3, -0.25) is 4.79 Å². The van der Waals surface area contributed by atoms with Crippen molar-refractivity contribution in [3.8, 4) is 0 Å². The van der Waals surface area contributed by atoms with Gasteiger partial charge in [-0.15, -0.1) is 0 Å². The van der Waals surface area contributed by atoms with E-state index in [9.17, 15) is 13.2 Å². The number of carbonyl (C=O) groups is 1. The fourth-order valence-electron chi connectivity index (χ4n) is 1.26. The van der Waals surface area contributed by atoms with Crippen LogP contribution in [0.4, 0.5) is 0 Å². The second-order valence-electron chi connectivity index (χ2n) is 4.15. The molecule has 0 unspecified atom stereocenters. The van der Waals surface area contributed by atoms with E-state index in [0.29, 0.717) is 6.61 Å². The number of rotatable bonds is 9. The fraction of sp³-hybridized carbons (Fsp3) is 0.900. The minimum Gasteiger partial charge on any atom is -0.480 e. The molecule has 0 spiro atoms. The number of carboxylic acid groups (broad SMARTS) is 1. The lowest BCUT2D eigenvalue weighted by atomic mass is 10.1. The topological polar surface area (TPSA) is 92.7 Å². The SMILES string of the molecule is CCOCCS(=O)(=O)N[C@@H](CC(C)C)C(=O)O. The van der Waals surface area contributed by atoms with Crippen LogP contribution in [-0.4, -0.2) is 44.5 Å². The smallest absolute Gasteiger partial charge is 0.321 e. The Balaban J connectivity index is 4.37. The fourth-order valence-corrected chi connectivity index (χ4v) is 2.35. The van der Waals surface area contributed by atoms with Crippen LogP contribution in [0.3, 0.4) is 0 Å². The van der Waals surface area contributed by atoms with E-state index in [0.717, 1.165) is 0 Å². The van der Waals surface area contributed by atoms with Gasteiger partial charge in [-0.25, -0.2) is 13.1 Å². The third kappa shape index (κ3) is 8.12. The van der Waals surface area contributed by atoms with Crippen molar-refractivity contribution in [2.75, 3.05) is 19.0 Å². The molecule has 0 aliphatic rings. The first-order chi connectivity index (χ1) is 7.78. The molecule has 0 bridgehead atoms. The van der Waals surface area contributed by atoms with Crippen LogP contribution in [0.5, 0.6) is 0 Å². The Hall–Kier alpha value is -0.660. The van der Waals surface area contributed by atoms with Crippen molar-refractivity contribution in [2.24, 2.45) is 5.92 Å². The predicted molar refractivity (Wildman–Crippen MR) is 64.3 cm³/mol. The first kappa shape index (κ1) is 16.3. The van der Waals surface area contributed by atoms with Crippen molar-refractivity contribution in [2.45, 2.75) is 33.2 Å².